The first kappa shape index (κ1) is 21.8. The maximum Gasteiger partial charge on any atom is 0.221 e. The number of thiol groups is 1. The van der Waals surface area contributed by atoms with Crippen molar-refractivity contribution in [2.45, 2.75) is 83.1 Å². The van der Waals surface area contributed by atoms with Crippen LogP contribution in [0, 0.1) is 28.6 Å². The molecular weight excluding hydrogens is 419 g/mol. The van der Waals surface area contributed by atoms with Crippen LogP contribution in [-0.2, 0) is 19.1 Å². The SMILES string of the molecule is CC1C[C@H]2[C@@H]3C[C@H]4OC(C)(C)O[C@@]4(C(=O)S)[C@@]3(C)C[C@H](O)[C@]2(F)[C@@]2(C)C=CC(=O)C=C12. The van der Waals surface area contributed by atoms with E-state index in [-0.39, 0.29) is 24.0 Å². The number of allylic oxidation sites excluding steroid dienone is 4. The Hall–Kier alpha value is -1.02. The van der Waals surface area contributed by atoms with Gasteiger partial charge in [0.05, 0.1) is 12.2 Å². The molecule has 5 nitrogen and oxygen atoms in total. The second-order valence-electron chi connectivity index (χ2n) is 11.2. The molecule has 0 bridgehead atoms. The molecule has 0 aromatic rings. The van der Waals surface area contributed by atoms with Crippen molar-refractivity contribution in [2.75, 3.05) is 0 Å². The van der Waals surface area contributed by atoms with E-state index in [2.05, 4.69) is 12.6 Å². The van der Waals surface area contributed by atoms with Crippen LogP contribution in [0.5, 0.6) is 0 Å². The fraction of sp³-hybridized carbons (Fsp3) is 0.750. The molecule has 1 saturated heterocycles. The van der Waals surface area contributed by atoms with Crippen molar-refractivity contribution in [3.63, 3.8) is 0 Å². The highest BCUT2D eigenvalue weighted by molar-refractivity contribution is 7.96. The number of aliphatic hydroxyl groups excluding tert-OH is 1. The molecule has 0 spiro atoms. The molecule has 5 rings (SSSR count). The highest BCUT2D eigenvalue weighted by Crippen LogP contribution is 2.73. The summed E-state index contributed by atoms with van der Waals surface area (Å²) in [6.45, 7) is 9.27. The van der Waals surface area contributed by atoms with Gasteiger partial charge < -0.3 is 14.6 Å². The second-order valence-corrected chi connectivity index (χ2v) is 11.6. The Bertz CT molecular complexity index is 944. The van der Waals surface area contributed by atoms with Gasteiger partial charge in [0.1, 0.15) is 0 Å². The first-order valence-corrected chi connectivity index (χ1v) is 11.6. The van der Waals surface area contributed by atoms with Crippen LogP contribution in [0.3, 0.4) is 0 Å². The minimum Gasteiger partial charge on any atom is -0.390 e. The third-order valence-electron chi connectivity index (χ3n) is 9.28. The number of ether oxygens (including phenoxy) is 2. The lowest BCUT2D eigenvalue weighted by Gasteiger charge is -2.63. The quantitative estimate of drug-likeness (QED) is 0.598. The van der Waals surface area contributed by atoms with E-state index >= 15 is 4.39 Å². The molecule has 170 valence electrons. The highest BCUT2D eigenvalue weighted by atomic mass is 32.1. The molecule has 7 heteroatoms. The van der Waals surface area contributed by atoms with Crippen molar-refractivity contribution in [1.29, 1.82) is 0 Å². The zero-order valence-corrected chi connectivity index (χ0v) is 19.5. The van der Waals surface area contributed by atoms with Gasteiger partial charge in [-0.1, -0.05) is 25.5 Å². The summed E-state index contributed by atoms with van der Waals surface area (Å²) in [5.74, 6) is -1.87. The average Bonchev–Trinajstić information content (AvgIpc) is 3.06. The van der Waals surface area contributed by atoms with Crippen molar-refractivity contribution in [1.82, 2.24) is 0 Å². The normalized spacial score (nSPS) is 54.5. The van der Waals surface area contributed by atoms with Crippen LogP contribution in [-0.4, -0.2) is 45.3 Å². The molecule has 31 heavy (non-hydrogen) atoms. The summed E-state index contributed by atoms with van der Waals surface area (Å²) < 4.78 is 29.7. The molecule has 9 atom stereocenters. The molecule has 5 aliphatic rings. The van der Waals surface area contributed by atoms with Crippen molar-refractivity contribution >= 4 is 23.5 Å². The van der Waals surface area contributed by atoms with Gasteiger partial charge in [-0.25, -0.2) is 4.39 Å². The van der Waals surface area contributed by atoms with Gasteiger partial charge >= 0.3 is 0 Å². The van der Waals surface area contributed by atoms with Crippen molar-refractivity contribution < 1.29 is 28.6 Å². The summed E-state index contributed by atoms with van der Waals surface area (Å²) in [5, 5.41) is 11.0. The Kier molecular flexibility index (Phi) is 4.29. The van der Waals surface area contributed by atoms with Crippen molar-refractivity contribution in [3.05, 3.63) is 23.8 Å². The van der Waals surface area contributed by atoms with Crippen LogP contribution in [0.25, 0.3) is 0 Å². The topological polar surface area (TPSA) is 72.8 Å². The molecule has 4 aliphatic carbocycles. The van der Waals surface area contributed by atoms with Gasteiger partial charge in [-0.05, 0) is 64.0 Å². The standard InChI is InChI=1S/C24H31FO5S/c1-12-8-16-15-10-18-24(19(28)31,30-20(2,3)29-18)22(15,5)11-17(27)23(16,25)21(4)7-6-13(26)9-14(12)21/h6-7,9,12,15-18,27H,8,10-11H2,1-5H3,(H,28,31)/t12?,15-,16-,17-,18+,21-,22-,23-,24-/m0/s1. The summed E-state index contributed by atoms with van der Waals surface area (Å²) >= 11 is 4.22. The molecule has 0 aromatic carbocycles. The molecule has 1 heterocycles. The lowest BCUT2D eigenvalue weighted by Crippen LogP contribution is -2.70. The Morgan fingerprint density at radius 1 is 1.23 bits per heavy atom. The molecule has 3 saturated carbocycles. The zero-order chi connectivity index (χ0) is 22.8. The highest BCUT2D eigenvalue weighted by Gasteiger charge is 2.80. The summed E-state index contributed by atoms with van der Waals surface area (Å²) in [5.41, 5.74) is -4.45. The van der Waals surface area contributed by atoms with Crippen LogP contribution >= 0.6 is 12.6 Å². The van der Waals surface area contributed by atoms with E-state index in [0.29, 0.717) is 12.8 Å². The number of alkyl halides is 1. The molecular formula is C24H31FO5S. The zero-order valence-electron chi connectivity index (χ0n) is 18.6. The summed E-state index contributed by atoms with van der Waals surface area (Å²) in [6.07, 6.45) is 3.75. The lowest BCUT2D eigenvalue weighted by atomic mass is 9.43. The molecule has 0 aromatic heterocycles. The molecule has 4 fully saturated rings. The number of hydrogen-bond donors (Lipinski definition) is 2. The van der Waals surface area contributed by atoms with Gasteiger partial charge in [0, 0.05) is 16.7 Å². The molecule has 1 N–H and O–H groups in total. The second kappa shape index (κ2) is 6.10. The number of carbonyl (C=O) groups excluding carboxylic acids is 2. The predicted molar refractivity (Wildman–Crippen MR) is 115 cm³/mol. The molecule has 1 aliphatic heterocycles. The van der Waals surface area contributed by atoms with Gasteiger partial charge in [-0.2, -0.15) is 0 Å². The third kappa shape index (κ3) is 2.34. The summed E-state index contributed by atoms with van der Waals surface area (Å²) in [6, 6.07) is 0. The third-order valence-corrected chi connectivity index (χ3v) is 9.61. The first-order chi connectivity index (χ1) is 14.2. The number of fused-ring (bicyclic) bond motifs is 7. The van der Waals surface area contributed by atoms with Crippen LogP contribution in [0.15, 0.2) is 23.8 Å². The maximum atomic E-state index is 17.3. The largest absolute Gasteiger partial charge is 0.390 e. The summed E-state index contributed by atoms with van der Waals surface area (Å²) in [7, 11) is 0. The Morgan fingerprint density at radius 2 is 1.90 bits per heavy atom. The number of rotatable bonds is 1. The van der Waals surface area contributed by atoms with Crippen LogP contribution in [0.4, 0.5) is 4.39 Å². The number of aliphatic hydroxyl groups is 1. The van der Waals surface area contributed by atoms with Crippen LogP contribution < -0.4 is 0 Å². The van der Waals surface area contributed by atoms with Gasteiger partial charge in [-0.3, -0.25) is 9.59 Å². The van der Waals surface area contributed by atoms with E-state index in [1.807, 2.05) is 13.8 Å². The molecule has 0 amide bonds. The van der Waals surface area contributed by atoms with E-state index in [1.54, 1.807) is 32.9 Å². The first-order valence-electron chi connectivity index (χ1n) is 11.2. The van der Waals surface area contributed by atoms with Gasteiger partial charge in [0.2, 0.25) is 5.12 Å². The van der Waals surface area contributed by atoms with E-state index in [9.17, 15) is 14.7 Å². The van der Waals surface area contributed by atoms with Crippen molar-refractivity contribution in [2.24, 2.45) is 28.6 Å². The maximum absolute atomic E-state index is 17.3. The monoisotopic (exact) mass is 450 g/mol. The van der Waals surface area contributed by atoms with Crippen molar-refractivity contribution in [3.8, 4) is 0 Å². The minimum absolute atomic E-state index is 0.0244. The predicted octanol–water partition coefficient (Wildman–Crippen LogP) is 3.56. The Labute approximate surface area is 187 Å². The average molecular weight is 451 g/mol. The van der Waals surface area contributed by atoms with Gasteiger partial charge in [0.25, 0.3) is 0 Å². The summed E-state index contributed by atoms with van der Waals surface area (Å²) in [4.78, 5) is 25.0. The van der Waals surface area contributed by atoms with Gasteiger partial charge in [-0.15, -0.1) is 12.6 Å². The minimum atomic E-state index is -1.96. The molecule has 1 unspecified atom stereocenters. The fourth-order valence-electron chi connectivity index (χ4n) is 8.07. The van der Waals surface area contributed by atoms with E-state index in [0.717, 1.165) is 5.57 Å². The molecule has 0 radical (unpaired) electrons. The number of halogens is 1. The Morgan fingerprint density at radius 3 is 2.55 bits per heavy atom. The van der Waals surface area contributed by atoms with E-state index < -0.39 is 51.1 Å². The number of hydrogen-bond acceptors (Lipinski definition) is 5. The van der Waals surface area contributed by atoms with Crippen LogP contribution in [0.2, 0.25) is 0 Å². The fourth-order valence-corrected chi connectivity index (χ4v) is 8.51. The Balaban J connectivity index is 1.66. The van der Waals surface area contributed by atoms with E-state index in [1.165, 1.54) is 6.08 Å². The smallest absolute Gasteiger partial charge is 0.221 e. The number of ketones is 1. The number of carbonyl (C=O) groups is 2. The van der Waals surface area contributed by atoms with E-state index in [4.69, 9.17) is 9.47 Å². The van der Waals surface area contributed by atoms with Gasteiger partial charge in [0.15, 0.2) is 22.8 Å². The van der Waals surface area contributed by atoms with Crippen LogP contribution in [0.1, 0.15) is 53.9 Å². The lowest BCUT2D eigenvalue weighted by molar-refractivity contribution is -0.245.